The molecule has 7 heteroatoms. The van der Waals surface area contributed by atoms with Gasteiger partial charge in [0.1, 0.15) is 11.9 Å². The van der Waals surface area contributed by atoms with Gasteiger partial charge in [0.2, 0.25) is 0 Å². The van der Waals surface area contributed by atoms with E-state index in [1.807, 2.05) is 55.5 Å². The van der Waals surface area contributed by atoms with Crippen LogP contribution in [0.5, 0.6) is 5.75 Å². The molecule has 7 nitrogen and oxygen atoms in total. The number of fused-ring (bicyclic) bond motifs is 1. The normalized spacial score (nSPS) is 14.8. The first-order valence-corrected chi connectivity index (χ1v) is 10.3. The van der Waals surface area contributed by atoms with E-state index in [1.165, 1.54) is 0 Å². The average molecular weight is 424 g/mol. The minimum Gasteiger partial charge on any atom is -0.490 e. The van der Waals surface area contributed by atoms with Crippen LogP contribution in [-0.4, -0.2) is 17.2 Å². The Morgan fingerprint density at radius 3 is 2.50 bits per heavy atom. The number of anilines is 1. The molecule has 0 unspecified atom stereocenters. The van der Waals surface area contributed by atoms with Gasteiger partial charge in [-0.05, 0) is 67.1 Å². The molecule has 1 aliphatic rings. The number of nitrogens with one attached hydrogen (secondary N) is 1. The van der Waals surface area contributed by atoms with Crippen LogP contribution < -0.4 is 10.1 Å². The van der Waals surface area contributed by atoms with Gasteiger partial charge in [-0.3, -0.25) is 4.79 Å². The van der Waals surface area contributed by atoms with Gasteiger partial charge in [-0.15, -0.1) is 0 Å². The standard InChI is InChI=1S/C25H20N4O3/c1-16-13-18-14-17(7-12-23(18)31-16)24-15-22(29-32-24)25(30)26-19-8-10-21(11-9-19)28-27-20-5-3-2-4-6-20/h2-12,14-16H,13H2,1H3,(H,26,30)/t16-/m1/s1. The molecule has 0 saturated heterocycles. The van der Waals surface area contributed by atoms with Crippen LogP contribution in [0.4, 0.5) is 17.1 Å². The van der Waals surface area contributed by atoms with Gasteiger partial charge in [-0.1, -0.05) is 23.4 Å². The first-order chi connectivity index (χ1) is 15.6. The zero-order valence-corrected chi connectivity index (χ0v) is 17.4. The van der Waals surface area contributed by atoms with Gasteiger partial charge < -0.3 is 14.6 Å². The number of hydrogen-bond donors (Lipinski definition) is 1. The summed E-state index contributed by atoms with van der Waals surface area (Å²) in [5.41, 5.74) is 4.28. The Kier molecular flexibility index (Phi) is 5.21. The van der Waals surface area contributed by atoms with E-state index < -0.39 is 0 Å². The second kappa shape index (κ2) is 8.47. The van der Waals surface area contributed by atoms with Gasteiger partial charge in [-0.2, -0.15) is 10.2 Å². The Balaban J connectivity index is 1.24. The molecule has 158 valence electrons. The number of benzene rings is 3. The summed E-state index contributed by atoms with van der Waals surface area (Å²) in [4.78, 5) is 12.6. The predicted molar refractivity (Wildman–Crippen MR) is 121 cm³/mol. The highest BCUT2D eigenvalue weighted by atomic mass is 16.5. The molecule has 2 heterocycles. The lowest BCUT2D eigenvalue weighted by molar-refractivity contribution is 0.101. The molecule has 0 fully saturated rings. The third kappa shape index (κ3) is 4.27. The molecule has 1 aliphatic heterocycles. The van der Waals surface area contributed by atoms with E-state index in [0.29, 0.717) is 17.1 Å². The monoisotopic (exact) mass is 424 g/mol. The Morgan fingerprint density at radius 2 is 1.72 bits per heavy atom. The van der Waals surface area contributed by atoms with E-state index in [2.05, 4.69) is 20.7 Å². The van der Waals surface area contributed by atoms with Crippen LogP contribution in [-0.2, 0) is 6.42 Å². The number of amides is 1. The summed E-state index contributed by atoms with van der Waals surface area (Å²) in [6.07, 6.45) is 1.02. The molecule has 0 radical (unpaired) electrons. The van der Waals surface area contributed by atoms with E-state index in [0.717, 1.165) is 29.0 Å². The number of rotatable bonds is 5. The smallest absolute Gasteiger partial charge is 0.277 e. The van der Waals surface area contributed by atoms with E-state index in [9.17, 15) is 4.79 Å². The number of aromatic nitrogens is 1. The summed E-state index contributed by atoms with van der Waals surface area (Å²) >= 11 is 0. The summed E-state index contributed by atoms with van der Waals surface area (Å²) < 4.78 is 11.1. The highest BCUT2D eigenvalue weighted by Gasteiger charge is 2.21. The van der Waals surface area contributed by atoms with Gasteiger partial charge in [-0.25, -0.2) is 0 Å². The maximum absolute atomic E-state index is 12.6. The molecule has 3 aromatic carbocycles. The molecule has 1 amide bonds. The van der Waals surface area contributed by atoms with Crippen LogP contribution in [0.1, 0.15) is 23.0 Å². The largest absolute Gasteiger partial charge is 0.490 e. The van der Waals surface area contributed by atoms with Crippen molar-refractivity contribution in [2.45, 2.75) is 19.4 Å². The highest BCUT2D eigenvalue weighted by Crippen LogP contribution is 2.33. The van der Waals surface area contributed by atoms with E-state index in [4.69, 9.17) is 9.26 Å². The fourth-order valence-corrected chi connectivity index (χ4v) is 3.51. The number of carbonyl (C=O) groups is 1. The molecule has 0 aliphatic carbocycles. The lowest BCUT2D eigenvalue weighted by Gasteiger charge is -2.02. The maximum atomic E-state index is 12.6. The van der Waals surface area contributed by atoms with Crippen LogP contribution in [0.3, 0.4) is 0 Å². The van der Waals surface area contributed by atoms with Crippen molar-refractivity contribution >= 4 is 23.0 Å². The molecule has 32 heavy (non-hydrogen) atoms. The Bertz CT molecular complexity index is 1280. The van der Waals surface area contributed by atoms with Crippen molar-refractivity contribution < 1.29 is 14.1 Å². The summed E-state index contributed by atoms with van der Waals surface area (Å²) in [6, 6.07) is 24.1. The van der Waals surface area contributed by atoms with Crippen LogP contribution in [0.25, 0.3) is 11.3 Å². The number of azo groups is 1. The molecule has 4 aromatic rings. The molecule has 1 N–H and O–H groups in total. The van der Waals surface area contributed by atoms with Gasteiger partial charge in [0, 0.05) is 23.7 Å². The SMILES string of the molecule is C[C@@H]1Cc2cc(-c3cc(C(=O)Nc4ccc(N=Nc5ccccc5)cc4)no3)ccc2O1. The average Bonchev–Trinajstić information content (AvgIpc) is 3.45. The molecule has 0 saturated carbocycles. The molecule has 0 spiro atoms. The second-order valence-corrected chi connectivity index (χ2v) is 7.57. The number of hydrogen-bond acceptors (Lipinski definition) is 6. The fraction of sp³-hybridized carbons (Fsp3) is 0.120. The maximum Gasteiger partial charge on any atom is 0.277 e. The van der Waals surface area contributed by atoms with Crippen molar-refractivity contribution in [1.29, 1.82) is 0 Å². The van der Waals surface area contributed by atoms with Crippen LogP contribution in [0.2, 0.25) is 0 Å². The topological polar surface area (TPSA) is 89.1 Å². The molecular weight excluding hydrogens is 404 g/mol. The molecular formula is C25H20N4O3. The van der Waals surface area contributed by atoms with Gasteiger partial charge in [0.15, 0.2) is 11.5 Å². The second-order valence-electron chi connectivity index (χ2n) is 7.57. The van der Waals surface area contributed by atoms with Gasteiger partial charge >= 0.3 is 0 Å². The highest BCUT2D eigenvalue weighted by molar-refractivity contribution is 6.03. The molecule has 0 bridgehead atoms. The quantitative estimate of drug-likeness (QED) is 0.379. The summed E-state index contributed by atoms with van der Waals surface area (Å²) in [7, 11) is 0. The van der Waals surface area contributed by atoms with Crippen molar-refractivity contribution in [2.24, 2.45) is 10.2 Å². The summed E-state index contributed by atoms with van der Waals surface area (Å²) in [6.45, 7) is 2.04. The van der Waals surface area contributed by atoms with Gasteiger partial charge in [0.25, 0.3) is 5.91 Å². The van der Waals surface area contributed by atoms with Crippen LogP contribution in [0, 0.1) is 0 Å². The predicted octanol–water partition coefficient (Wildman–Crippen LogP) is 6.33. The summed E-state index contributed by atoms with van der Waals surface area (Å²) in [5, 5.41) is 15.1. The fourth-order valence-electron chi connectivity index (χ4n) is 3.51. The Hall–Kier alpha value is -4.26. The number of nitrogens with zero attached hydrogens (tertiary/aromatic N) is 3. The third-order valence-electron chi connectivity index (χ3n) is 5.09. The van der Waals surface area contributed by atoms with Crippen LogP contribution in [0.15, 0.2) is 93.6 Å². The van der Waals surface area contributed by atoms with E-state index in [-0.39, 0.29) is 17.7 Å². The number of carbonyl (C=O) groups excluding carboxylic acids is 1. The minimum atomic E-state index is -0.350. The van der Waals surface area contributed by atoms with E-state index >= 15 is 0 Å². The van der Waals surface area contributed by atoms with Crippen molar-refractivity contribution in [1.82, 2.24) is 5.16 Å². The zero-order chi connectivity index (χ0) is 21.9. The van der Waals surface area contributed by atoms with Crippen molar-refractivity contribution in [2.75, 3.05) is 5.32 Å². The summed E-state index contributed by atoms with van der Waals surface area (Å²) in [5.74, 6) is 1.08. The van der Waals surface area contributed by atoms with Crippen molar-refractivity contribution in [3.8, 4) is 17.1 Å². The van der Waals surface area contributed by atoms with Gasteiger partial charge in [0.05, 0.1) is 11.4 Å². The van der Waals surface area contributed by atoms with E-state index in [1.54, 1.807) is 30.3 Å². The van der Waals surface area contributed by atoms with Crippen LogP contribution >= 0.6 is 0 Å². The molecule has 1 aromatic heterocycles. The Morgan fingerprint density at radius 1 is 0.969 bits per heavy atom. The molecule has 5 rings (SSSR count). The first-order valence-electron chi connectivity index (χ1n) is 10.3. The first kappa shape index (κ1) is 19.7. The lowest BCUT2D eigenvalue weighted by Crippen LogP contribution is -2.11. The molecule has 1 atom stereocenters. The Labute approximate surface area is 184 Å². The lowest BCUT2D eigenvalue weighted by atomic mass is 10.1. The number of ether oxygens (including phenoxy) is 1. The van der Waals surface area contributed by atoms with Crippen molar-refractivity contribution in [3.63, 3.8) is 0 Å². The van der Waals surface area contributed by atoms with Crippen molar-refractivity contribution in [3.05, 3.63) is 90.1 Å². The minimum absolute atomic E-state index is 0.169. The zero-order valence-electron chi connectivity index (χ0n) is 17.4. The third-order valence-corrected chi connectivity index (χ3v) is 5.09.